The standard InChI is InChI=1S/C20H19N3O4S/c1-3-27-17(24)12-23-16-7-5-4-6-15(16)20(19(23)25)22-21-18(28-20)13-8-10-14(26-2)11-9-13/h4-11,22H,3,12H2,1-2H3. The fourth-order valence-electron chi connectivity index (χ4n) is 3.30. The number of anilines is 1. The van der Waals surface area contributed by atoms with Crippen LogP contribution in [0.5, 0.6) is 5.75 Å². The third-order valence-corrected chi connectivity index (χ3v) is 5.93. The lowest BCUT2D eigenvalue weighted by Gasteiger charge is -2.22. The first-order valence-electron chi connectivity index (χ1n) is 8.84. The summed E-state index contributed by atoms with van der Waals surface area (Å²) in [6.07, 6.45) is 0. The van der Waals surface area contributed by atoms with Gasteiger partial charge < -0.3 is 9.47 Å². The molecule has 0 aliphatic carbocycles. The number of methoxy groups -OCH3 is 1. The van der Waals surface area contributed by atoms with Gasteiger partial charge in [-0.1, -0.05) is 30.0 Å². The number of hydrogen-bond acceptors (Lipinski definition) is 7. The number of hydrogen-bond donors (Lipinski definition) is 1. The Hall–Kier alpha value is -3.00. The van der Waals surface area contributed by atoms with Crippen molar-refractivity contribution < 1.29 is 19.1 Å². The quantitative estimate of drug-likeness (QED) is 0.781. The molecule has 4 rings (SSSR count). The lowest BCUT2D eigenvalue weighted by Crippen LogP contribution is -2.46. The Labute approximate surface area is 166 Å². The van der Waals surface area contributed by atoms with Crippen LogP contribution in [0.3, 0.4) is 0 Å². The zero-order chi connectivity index (χ0) is 19.7. The summed E-state index contributed by atoms with van der Waals surface area (Å²) in [6, 6.07) is 14.9. The highest BCUT2D eigenvalue weighted by molar-refractivity contribution is 8.16. The van der Waals surface area contributed by atoms with E-state index in [9.17, 15) is 9.59 Å². The molecule has 1 N–H and O–H groups in total. The van der Waals surface area contributed by atoms with E-state index < -0.39 is 10.8 Å². The Morgan fingerprint density at radius 1 is 1.21 bits per heavy atom. The van der Waals surface area contributed by atoms with E-state index in [2.05, 4.69) is 10.5 Å². The zero-order valence-corrected chi connectivity index (χ0v) is 16.3. The smallest absolute Gasteiger partial charge is 0.326 e. The number of para-hydroxylation sites is 1. The molecule has 1 amide bonds. The van der Waals surface area contributed by atoms with Crippen LogP contribution in [0.4, 0.5) is 5.69 Å². The summed E-state index contributed by atoms with van der Waals surface area (Å²) in [7, 11) is 1.61. The molecule has 2 aliphatic heterocycles. The summed E-state index contributed by atoms with van der Waals surface area (Å²) in [6.45, 7) is 1.87. The van der Waals surface area contributed by atoms with Crippen LogP contribution in [0.15, 0.2) is 53.6 Å². The van der Waals surface area contributed by atoms with Gasteiger partial charge in [-0.25, -0.2) is 0 Å². The van der Waals surface area contributed by atoms with Gasteiger partial charge in [-0.3, -0.25) is 19.9 Å². The van der Waals surface area contributed by atoms with Gasteiger partial charge in [0.2, 0.25) is 4.87 Å². The van der Waals surface area contributed by atoms with Crippen LogP contribution in [0.1, 0.15) is 18.1 Å². The average molecular weight is 397 g/mol. The Morgan fingerprint density at radius 3 is 2.68 bits per heavy atom. The molecule has 1 atom stereocenters. The molecule has 1 spiro atoms. The molecule has 0 saturated heterocycles. The number of carbonyl (C=O) groups is 2. The molecule has 28 heavy (non-hydrogen) atoms. The van der Waals surface area contributed by atoms with Gasteiger partial charge >= 0.3 is 5.97 Å². The molecule has 2 aliphatic rings. The number of fused-ring (bicyclic) bond motifs is 2. The van der Waals surface area contributed by atoms with Gasteiger partial charge in [-0.15, -0.1) is 0 Å². The van der Waals surface area contributed by atoms with E-state index in [1.807, 2.05) is 48.5 Å². The van der Waals surface area contributed by atoms with Gasteiger partial charge in [0.25, 0.3) is 5.91 Å². The van der Waals surface area contributed by atoms with Crippen molar-refractivity contribution in [2.45, 2.75) is 11.8 Å². The van der Waals surface area contributed by atoms with Gasteiger partial charge in [0.1, 0.15) is 17.3 Å². The minimum atomic E-state index is -1.08. The van der Waals surface area contributed by atoms with Crippen LogP contribution in [0, 0.1) is 0 Å². The van der Waals surface area contributed by atoms with E-state index in [4.69, 9.17) is 9.47 Å². The summed E-state index contributed by atoms with van der Waals surface area (Å²) in [5, 5.41) is 5.12. The number of amides is 1. The van der Waals surface area contributed by atoms with Crippen molar-refractivity contribution in [2.24, 2.45) is 5.10 Å². The van der Waals surface area contributed by atoms with Crippen molar-refractivity contribution in [1.82, 2.24) is 5.43 Å². The Bertz CT molecular complexity index is 960. The normalized spacial score (nSPS) is 20.0. The second-order valence-electron chi connectivity index (χ2n) is 6.25. The van der Waals surface area contributed by atoms with Crippen molar-refractivity contribution in [1.29, 1.82) is 0 Å². The first-order valence-corrected chi connectivity index (χ1v) is 9.66. The number of thioether (sulfide) groups is 1. The van der Waals surface area contributed by atoms with Crippen molar-refractivity contribution in [2.75, 3.05) is 25.2 Å². The maximum absolute atomic E-state index is 13.3. The third kappa shape index (κ3) is 2.90. The molecule has 8 heteroatoms. The van der Waals surface area contributed by atoms with Crippen LogP contribution in [-0.2, 0) is 19.2 Å². The summed E-state index contributed by atoms with van der Waals surface area (Å²) < 4.78 is 10.2. The van der Waals surface area contributed by atoms with Gasteiger partial charge in [-0.2, -0.15) is 5.10 Å². The van der Waals surface area contributed by atoms with Crippen LogP contribution in [0.25, 0.3) is 0 Å². The Kier molecular flexibility index (Phi) is 4.72. The lowest BCUT2D eigenvalue weighted by atomic mass is 10.1. The molecule has 144 valence electrons. The number of nitrogens with zero attached hydrogens (tertiary/aromatic N) is 2. The maximum atomic E-state index is 13.3. The Morgan fingerprint density at radius 2 is 1.96 bits per heavy atom. The van der Waals surface area contributed by atoms with Crippen molar-refractivity contribution in [3.63, 3.8) is 0 Å². The van der Waals surface area contributed by atoms with Crippen molar-refractivity contribution in [3.8, 4) is 5.75 Å². The zero-order valence-electron chi connectivity index (χ0n) is 15.5. The number of esters is 1. The van der Waals surface area contributed by atoms with Gasteiger partial charge in [-0.05, 0) is 37.3 Å². The highest BCUT2D eigenvalue weighted by Crippen LogP contribution is 2.50. The molecule has 2 aromatic rings. The lowest BCUT2D eigenvalue weighted by molar-refractivity contribution is -0.142. The molecule has 7 nitrogen and oxygen atoms in total. The van der Waals surface area contributed by atoms with E-state index in [1.165, 1.54) is 16.7 Å². The predicted molar refractivity (Wildman–Crippen MR) is 107 cm³/mol. The number of hydrazone groups is 1. The first kappa shape index (κ1) is 18.4. The molecule has 2 heterocycles. The second-order valence-corrected chi connectivity index (χ2v) is 7.46. The summed E-state index contributed by atoms with van der Waals surface area (Å²) in [5.41, 5.74) is 5.37. The predicted octanol–water partition coefficient (Wildman–Crippen LogP) is 2.46. The van der Waals surface area contributed by atoms with Crippen LogP contribution in [0.2, 0.25) is 0 Å². The molecular weight excluding hydrogens is 378 g/mol. The number of carbonyl (C=O) groups excluding carboxylic acids is 2. The van der Waals surface area contributed by atoms with E-state index in [0.717, 1.165) is 16.9 Å². The molecule has 0 radical (unpaired) electrons. The highest BCUT2D eigenvalue weighted by atomic mass is 32.2. The molecule has 0 aromatic heterocycles. The summed E-state index contributed by atoms with van der Waals surface area (Å²) >= 11 is 1.34. The van der Waals surface area contributed by atoms with Gasteiger partial charge in [0.15, 0.2) is 0 Å². The van der Waals surface area contributed by atoms with Gasteiger partial charge in [0.05, 0.1) is 19.4 Å². The minimum Gasteiger partial charge on any atom is -0.497 e. The fraction of sp³-hybridized carbons (Fsp3) is 0.250. The molecule has 0 bridgehead atoms. The number of nitrogens with one attached hydrogen (secondary N) is 1. The number of rotatable bonds is 5. The number of benzene rings is 2. The monoisotopic (exact) mass is 397 g/mol. The van der Waals surface area contributed by atoms with E-state index >= 15 is 0 Å². The third-order valence-electron chi connectivity index (χ3n) is 4.61. The fourth-order valence-corrected chi connectivity index (χ4v) is 4.50. The van der Waals surface area contributed by atoms with E-state index in [1.54, 1.807) is 14.0 Å². The minimum absolute atomic E-state index is 0.133. The molecule has 2 aromatic carbocycles. The van der Waals surface area contributed by atoms with E-state index in [-0.39, 0.29) is 19.1 Å². The second kappa shape index (κ2) is 7.20. The first-order chi connectivity index (χ1) is 13.6. The van der Waals surface area contributed by atoms with Crippen LogP contribution < -0.4 is 15.1 Å². The van der Waals surface area contributed by atoms with Gasteiger partial charge in [0, 0.05) is 11.1 Å². The molecule has 0 saturated carbocycles. The summed E-state index contributed by atoms with van der Waals surface area (Å²) in [4.78, 5) is 25.7. The topological polar surface area (TPSA) is 80.2 Å². The highest BCUT2D eigenvalue weighted by Gasteiger charge is 2.55. The Balaban J connectivity index is 1.64. The number of ether oxygens (including phenoxy) is 2. The van der Waals surface area contributed by atoms with Crippen LogP contribution >= 0.6 is 11.8 Å². The molecular formula is C20H19N3O4S. The molecule has 0 fully saturated rings. The maximum Gasteiger partial charge on any atom is 0.326 e. The SMILES string of the molecule is CCOC(=O)CN1C(=O)C2(NN=C(c3ccc(OC)cc3)S2)c2ccccc21. The van der Waals surface area contributed by atoms with Crippen molar-refractivity contribution >= 4 is 34.4 Å². The van der Waals surface area contributed by atoms with Crippen LogP contribution in [-0.4, -0.2) is 37.2 Å². The molecule has 1 unspecified atom stereocenters. The summed E-state index contributed by atoms with van der Waals surface area (Å²) in [5.74, 6) is 0.0685. The average Bonchev–Trinajstić information content (AvgIpc) is 3.26. The van der Waals surface area contributed by atoms with E-state index in [0.29, 0.717) is 10.7 Å². The van der Waals surface area contributed by atoms with Crippen molar-refractivity contribution in [3.05, 3.63) is 59.7 Å². The largest absolute Gasteiger partial charge is 0.497 e.